The van der Waals surface area contributed by atoms with Crippen LogP contribution in [-0.4, -0.2) is 4.57 Å². The fraction of sp³-hybridized carbons (Fsp3) is 0.0278. The van der Waals surface area contributed by atoms with Gasteiger partial charge in [-0.25, -0.2) is 0 Å². The topological polar surface area (TPSA) is 21.3 Å². The Balaban J connectivity index is 0.823. The first-order valence-electron chi connectivity index (χ1n) is 25.9. The number of benzene rings is 11. The molecule has 354 valence electrons. The van der Waals surface area contributed by atoms with Crippen molar-refractivity contribution in [2.24, 2.45) is 0 Å². The van der Waals surface area contributed by atoms with Crippen molar-refractivity contribution >= 4 is 78.5 Å². The minimum Gasteiger partial charge on any atom is -0.456 e. The van der Waals surface area contributed by atoms with Gasteiger partial charge < -0.3 is 13.9 Å². The highest BCUT2D eigenvalue weighted by Crippen LogP contribution is 2.43. The standard InChI is InChI=1S/C72H50N2O/c1-2-17-50(18-3-1)52-38-42-58(43-39-52)73(59-44-40-53(41-45-59)51-34-36-55(37-35-51)62-28-13-20-54-19-4-5-24-61(54)62)67-30-9-6-25-63(67)56-21-12-16-49(46-56)47-57-22-14-32-69-72(57)66-27-7-10-31-68(66)74(69)60-23-15-29-65-64-26-8-11-33-70(64)75-71(65)48-60/h1-14,16-46,48H,15,47H2. The largest absolute Gasteiger partial charge is 0.456 e. The molecule has 13 aromatic rings. The SMILES string of the molecule is C1=C(n2c3ccccc3c3c(Cc4cccc(-c5ccccc5N(c5ccc(-c6ccccc6)cc5)c5ccc(-c6ccc(-c7cccc8ccccc78)cc6)cc5)c4)cccc32)C=c2oc3ccccc3c2=CC1. The van der Waals surface area contributed by atoms with Crippen LogP contribution in [0.3, 0.4) is 0 Å². The minimum atomic E-state index is 0.778. The van der Waals surface area contributed by atoms with Crippen LogP contribution in [0.25, 0.3) is 106 Å². The molecule has 0 saturated heterocycles. The Kier molecular flexibility index (Phi) is 11.0. The molecule has 0 bridgehead atoms. The molecule has 0 amide bonds. The van der Waals surface area contributed by atoms with Crippen LogP contribution in [-0.2, 0) is 6.42 Å². The van der Waals surface area contributed by atoms with E-state index in [1.54, 1.807) is 0 Å². The molecule has 1 aliphatic carbocycles. The average molecular weight is 959 g/mol. The van der Waals surface area contributed by atoms with Crippen LogP contribution in [0.15, 0.2) is 271 Å². The van der Waals surface area contributed by atoms with Crippen LogP contribution >= 0.6 is 0 Å². The molecule has 3 heteroatoms. The Morgan fingerprint density at radius 3 is 1.79 bits per heavy atom. The lowest BCUT2D eigenvalue weighted by Gasteiger charge is -2.28. The van der Waals surface area contributed by atoms with Gasteiger partial charge in [-0.1, -0.05) is 224 Å². The smallest absolute Gasteiger partial charge is 0.137 e. The van der Waals surface area contributed by atoms with Gasteiger partial charge in [-0.3, -0.25) is 0 Å². The van der Waals surface area contributed by atoms with Crippen LogP contribution in [0.5, 0.6) is 0 Å². The lowest BCUT2D eigenvalue weighted by molar-refractivity contribution is 0.576. The molecule has 0 atom stereocenters. The van der Waals surface area contributed by atoms with E-state index in [1.807, 2.05) is 6.07 Å². The van der Waals surface area contributed by atoms with E-state index in [0.717, 1.165) is 62.8 Å². The normalized spacial score (nSPS) is 12.3. The van der Waals surface area contributed by atoms with Crippen molar-refractivity contribution in [3.05, 3.63) is 289 Å². The Morgan fingerprint density at radius 1 is 0.413 bits per heavy atom. The number of anilines is 3. The molecule has 2 heterocycles. The molecule has 1 aliphatic rings. The molecule has 0 N–H and O–H groups in total. The summed E-state index contributed by atoms with van der Waals surface area (Å²) in [5.41, 5.74) is 20.7. The molecule has 0 spiro atoms. The van der Waals surface area contributed by atoms with Gasteiger partial charge in [0, 0.05) is 50.1 Å². The first-order valence-corrected chi connectivity index (χ1v) is 25.9. The summed E-state index contributed by atoms with van der Waals surface area (Å²) in [4.78, 5) is 2.41. The minimum absolute atomic E-state index is 0.778. The van der Waals surface area contributed by atoms with E-state index in [1.165, 1.54) is 82.6 Å². The lowest BCUT2D eigenvalue weighted by atomic mass is 9.95. The maximum Gasteiger partial charge on any atom is 0.137 e. The summed E-state index contributed by atoms with van der Waals surface area (Å²) in [5.74, 6) is 0. The Bertz CT molecular complexity index is 4440. The van der Waals surface area contributed by atoms with Crippen molar-refractivity contribution < 1.29 is 4.42 Å². The highest BCUT2D eigenvalue weighted by Gasteiger charge is 2.20. The molecule has 0 radical (unpaired) electrons. The fourth-order valence-corrected chi connectivity index (χ4v) is 11.5. The molecule has 75 heavy (non-hydrogen) atoms. The summed E-state index contributed by atoms with van der Waals surface area (Å²) in [6, 6.07) is 94.7. The van der Waals surface area contributed by atoms with E-state index >= 15 is 0 Å². The van der Waals surface area contributed by atoms with Crippen LogP contribution in [0.1, 0.15) is 17.5 Å². The van der Waals surface area contributed by atoms with Gasteiger partial charge in [-0.15, -0.1) is 0 Å². The van der Waals surface area contributed by atoms with Crippen LogP contribution in [0.4, 0.5) is 17.1 Å². The summed E-state index contributed by atoms with van der Waals surface area (Å²) in [6.07, 6.45) is 8.43. The van der Waals surface area contributed by atoms with E-state index in [2.05, 4.69) is 282 Å². The van der Waals surface area contributed by atoms with Crippen molar-refractivity contribution in [3.63, 3.8) is 0 Å². The summed E-state index contributed by atoms with van der Waals surface area (Å²) < 4.78 is 8.89. The second-order valence-corrected chi connectivity index (χ2v) is 19.5. The molecule has 0 unspecified atom stereocenters. The van der Waals surface area contributed by atoms with Gasteiger partial charge in [0.05, 0.1) is 16.7 Å². The Hall–Kier alpha value is -9.70. The Morgan fingerprint density at radius 2 is 0.987 bits per heavy atom. The Labute approximate surface area is 436 Å². The molecule has 0 aliphatic heterocycles. The van der Waals surface area contributed by atoms with E-state index in [-0.39, 0.29) is 0 Å². The van der Waals surface area contributed by atoms with Gasteiger partial charge in [0.25, 0.3) is 0 Å². The van der Waals surface area contributed by atoms with E-state index in [4.69, 9.17) is 4.42 Å². The second kappa shape index (κ2) is 18.7. The quantitative estimate of drug-likeness (QED) is 0.136. The van der Waals surface area contributed by atoms with Gasteiger partial charge in [0.2, 0.25) is 0 Å². The number of hydrogen-bond acceptors (Lipinski definition) is 2. The van der Waals surface area contributed by atoms with Gasteiger partial charge in [0.15, 0.2) is 0 Å². The molecule has 2 aromatic heterocycles. The molecular weight excluding hydrogens is 909 g/mol. The van der Waals surface area contributed by atoms with Crippen molar-refractivity contribution in [1.29, 1.82) is 0 Å². The molecule has 0 fully saturated rings. The number of para-hydroxylation sites is 3. The van der Waals surface area contributed by atoms with Crippen molar-refractivity contribution in [1.82, 2.24) is 4.57 Å². The first-order chi connectivity index (χ1) is 37.2. The number of furan rings is 1. The highest BCUT2D eigenvalue weighted by atomic mass is 16.3. The number of hydrogen-bond donors (Lipinski definition) is 0. The number of rotatable bonds is 10. The third-order valence-electron chi connectivity index (χ3n) is 15.1. The van der Waals surface area contributed by atoms with Crippen LogP contribution in [0.2, 0.25) is 0 Å². The number of nitrogens with zero attached hydrogens (tertiary/aromatic N) is 2. The average Bonchev–Trinajstić information content (AvgIpc) is 3.94. The number of fused-ring (bicyclic) bond motifs is 7. The third-order valence-corrected chi connectivity index (χ3v) is 15.1. The number of aromatic nitrogens is 1. The van der Waals surface area contributed by atoms with Gasteiger partial charge in [0.1, 0.15) is 11.0 Å². The zero-order valence-electron chi connectivity index (χ0n) is 41.3. The second-order valence-electron chi connectivity index (χ2n) is 19.5. The van der Waals surface area contributed by atoms with Gasteiger partial charge in [-0.05, 0) is 122 Å². The predicted molar refractivity (Wildman–Crippen MR) is 316 cm³/mol. The molecule has 11 aromatic carbocycles. The van der Waals surface area contributed by atoms with E-state index in [0.29, 0.717) is 0 Å². The zero-order valence-corrected chi connectivity index (χ0v) is 41.3. The summed E-state index contributed by atoms with van der Waals surface area (Å²) in [7, 11) is 0. The van der Waals surface area contributed by atoms with Crippen molar-refractivity contribution in [2.45, 2.75) is 12.8 Å². The van der Waals surface area contributed by atoms with Gasteiger partial charge in [-0.2, -0.15) is 0 Å². The predicted octanol–water partition coefficient (Wildman–Crippen LogP) is 17.9. The van der Waals surface area contributed by atoms with Crippen molar-refractivity contribution in [2.75, 3.05) is 4.90 Å². The molecule has 3 nitrogen and oxygen atoms in total. The molecule has 0 saturated carbocycles. The first kappa shape index (κ1) is 44.0. The lowest BCUT2D eigenvalue weighted by Crippen LogP contribution is -2.19. The fourth-order valence-electron chi connectivity index (χ4n) is 11.5. The summed E-state index contributed by atoms with van der Waals surface area (Å²) >= 11 is 0. The van der Waals surface area contributed by atoms with E-state index in [9.17, 15) is 0 Å². The maximum atomic E-state index is 6.47. The summed E-state index contributed by atoms with van der Waals surface area (Å²) in [6.45, 7) is 0. The monoisotopic (exact) mass is 958 g/mol. The van der Waals surface area contributed by atoms with Crippen LogP contribution in [0, 0.1) is 0 Å². The zero-order chi connectivity index (χ0) is 49.7. The summed E-state index contributed by atoms with van der Waals surface area (Å²) in [5, 5.41) is 7.36. The van der Waals surface area contributed by atoms with Crippen molar-refractivity contribution in [3.8, 4) is 44.5 Å². The number of allylic oxidation sites excluding steroid dienone is 2. The third kappa shape index (κ3) is 8.03. The van der Waals surface area contributed by atoms with E-state index < -0.39 is 0 Å². The van der Waals surface area contributed by atoms with Crippen LogP contribution < -0.4 is 15.5 Å². The molecule has 14 rings (SSSR count). The van der Waals surface area contributed by atoms with Gasteiger partial charge >= 0.3 is 0 Å². The highest BCUT2D eigenvalue weighted by molar-refractivity contribution is 6.13. The molecular formula is C72H50N2O. The maximum absolute atomic E-state index is 6.47.